The largest absolute Gasteiger partial charge is 1.00 e. The van der Waals surface area contributed by atoms with Gasteiger partial charge in [-0.1, -0.05) is 18.2 Å². The number of nitrogen functional groups attached to an aromatic ring is 1. The van der Waals surface area contributed by atoms with E-state index < -0.39 is 0 Å². The normalized spacial score (nSPS) is 10.3. The summed E-state index contributed by atoms with van der Waals surface area (Å²) in [5.41, 5.74) is 12.3. The molecular weight excluding hydrogens is 408 g/mol. The van der Waals surface area contributed by atoms with Gasteiger partial charge < -0.3 is 23.0 Å². The van der Waals surface area contributed by atoms with Crippen LogP contribution in [-0.4, -0.2) is 18.1 Å². The minimum atomic E-state index is 0. The van der Waals surface area contributed by atoms with Crippen LogP contribution >= 0.6 is 0 Å². The van der Waals surface area contributed by atoms with Gasteiger partial charge in [-0.25, -0.2) is 4.98 Å². The molecule has 1 heterocycles. The molecule has 0 spiro atoms. The highest BCUT2D eigenvalue weighted by Crippen LogP contribution is 2.24. The van der Waals surface area contributed by atoms with E-state index in [1.165, 1.54) is 0 Å². The van der Waals surface area contributed by atoms with Crippen LogP contribution in [0.4, 0.5) is 11.4 Å². The van der Waals surface area contributed by atoms with E-state index in [0.717, 1.165) is 33.4 Å². The average molecular weight is 429 g/mol. The van der Waals surface area contributed by atoms with Crippen molar-refractivity contribution < 1.29 is 17.0 Å². The maximum atomic E-state index is 9.03. The third-order valence-corrected chi connectivity index (χ3v) is 5.05. The van der Waals surface area contributed by atoms with E-state index in [1.807, 2.05) is 48.5 Å². The van der Waals surface area contributed by atoms with Gasteiger partial charge in [-0.15, -0.1) is 4.57 Å². The monoisotopic (exact) mass is 428 g/mol. The first kappa shape index (κ1) is 21.8. The van der Waals surface area contributed by atoms with Gasteiger partial charge in [-0.2, -0.15) is 10.5 Å². The second kappa shape index (κ2) is 9.75. The summed E-state index contributed by atoms with van der Waals surface area (Å²) < 4.78 is 2.16. The number of hydrogen-bond donors (Lipinski definition) is 1. The first-order valence-electron chi connectivity index (χ1n) is 9.80. The molecular formula is C24H21ClN6. The van der Waals surface area contributed by atoms with Gasteiger partial charge in [0.1, 0.15) is 11.0 Å². The van der Waals surface area contributed by atoms with Crippen molar-refractivity contribution in [1.82, 2.24) is 4.98 Å². The van der Waals surface area contributed by atoms with E-state index >= 15 is 0 Å². The molecule has 2 N–H and O–H groups in total. The predicted molar refractivity (Wildman–Crippen MR) is 118 cm³/mol. The zero-order chi connectivity index (χ0) is 20.9. The Morgan fingerprint density at radius 2 is 1.45 bits per heavy atom. The number of nitriles is 2. The van der Waals surface area contributed by atoms with Crippen LogP contribution in [0.5, 0.6) is 0 Å². The Balaban J connectivity index is 0.00000272. The Labute approximate surface area is 187 Å². The lowest BCUT2D eigenvalue weighted by molar-refractivity contribution is -0.538. The number of aromatic nitrogens is 2. The Bertz CT molecular complexity index is 1270. The van der Waals surface area contributed by atoms with Crippen LogP contribution in [0, 0.1) is 22.7 Å². The molecule has 0 fully saturated rings. The highest BCUT2D eigenvalue weighted by atomic mass is 35.5. The number of benzene rings is 3. The molecule has 0 aliphatic carbocycles. The summed E-state index contributed by atoms with van der Waals surface area (Å²) in [5, 5.41) is 18.1. The van der Waals surface area contributed by atoms with Crippen LogP contribution in [0.3, 0.4) is 0 Å². The molecule has 0 saturated carbocycles. The summed E-state index contributed by atoms with van der Waals surface area (Å²) in [6.45, 7) is 1.14. The molecule has 0 atom stereocenters. The summed E-state index contributed by atoms with van der Waals surface area (Å²) in [6, 6.07) is 26.3. The molecule has 4 rings (SSSR count). The molecule has 0 saturated heterocycles. The predicted octanol–water partition coefficient (Wildman–Crippen LogP) is 0.885. The summed E-state index contributed by atoms with van der Waals surface area (Å²) in [4.78, 5) is 6.90. The molecule has 31 heavy (non-hydrogen) atoms. The van der Waals surface area contributed by atoms with Gasteiger partial charge in [0.15, 0.2) is 0 Å². The molecule has 154 valence electrons. The van der Waals surface area contributed by atoms with Crippen LogP contribution in [0.25, 0.3) is 27.8 Å². The lowest BCUT2D eigenvalue weighted by Gasteiger charge is -2.22. The molecule has 0 bridgehead atoms. The minimum absolute atomic E-state index is 0. The topological polar surface area (TPSA) is 93.6 Å². The molecule has 1 aromatic heterocycles. The van der Waals surface area contributed by atoms with Crippen molar-refractivity contribution in [2.75, 3.05) is 23.7 Å². The Hall–Kier alpha value is -3.87. The van der Waals surface area contributed by atoms with Gasteiger partial charge in [0, 0.05) is 48.7 Å². The minimum Gasteiger partial charge on any atom is -1.00 e. The van der Waals surface area contributed by atoms with E-state index in [9.17, 15) is 0 Å². The number of para-hydroxylation sites is 1. The lowest BCUT2D eigenvalue weighted by Crippen LogP contribution is -3.00. The molecule has 7 heteroatoms. The molecule has 0 unspecified atom stereocenters. The smallest absolute Gasteiger partial charge is 0.239 e. The van der Waals surface area contributed by atoms with Gasteiger partial charge in [-0.05, 0) is 24.3 Å². The van der Waals surface area contributed by atoms with E-state index in [2.05, 4.69) is 39.8 Å². The first-order valence-corrected chi connectivity index (χ1v) is 9.80. The van der Waals surface area contributed by atoms with Crippen molar-refractivity contribution in [2.45, 2.75) is 12.8 Å². The fourth-order valence-corrected chi connectivity index (χ4v) is 3.65. The van der Waals surface area contributed by atoms with Crippen LogP contribution < -0.4 is 27.6 Å². The number of nitrogens with zero attached hydrogens (tertiary/aromatic N) is 5. The van der Waals surface area contributed by atoms with Gasteiger partial charge in [0.05, 0.1) is 25.0 Å². The highest BCUT2D eigenvalue weighted by molar-refractivity contribution is 5.85. The second-order valence-electron chi connectivity index (χ2n) is 7.01. The summed E-state index contributed by atoms with van der Waals surface area (Å²) in [6.07, 6.45) is 0.795. The SMILES string of the molecule is N#CCCN(CCC#N)c1ccc2nc3ccc(N)cc3[n+](-c3ccccc3)c2c1.[Cl-]. The third-order valence-electron chi connectivity index (χ3n) is 5.05. The van der Waals surface area contributed by atoms with Gasteiger partial charge in [-0.3, -0.25) is 0 Å². The Morgan fingerprint density at radius 1 is 0.839 bits per heavy atom. The van der Waals surface area contributed by atoms with Crippen LogP contribution in [0.15, 0.2) is 66.7 Å². The van der Waals surface area contributed by atoms with Gasteiger partial charge in [0.25, 0.3) is 0 Å². The first-order chi connectivity index (χ1) is 14.7. The van der Waals surface area contributed by atoms with E-state index in [-0.39, 0.29) is 12.4 Å². The van der Waals surface area contributed by atoms with Crippen LogP contribution in [-0.2, 0) is 0 Å². The van der Waals surface area contributed by atoms with E-state index in [0.29, 0.717) is 31.6 Å². The van der Waals surface area contributed by atoms with Crippen molar-refractivity contribution in [2.24, 2.45) is 0 Å². The van der Waals surface area contributed by atoms with Crippen LogP contribution in [0.1, 0.15) is 12.8 Å². The molecule has 0 aliphatic rings. The van der Waals surface area contributed by atoms with Crippen molar-refractivity contribution in [1.29, 1.82) is 10.5 Å². The number of fused-ring (bicyclic) bond motifs is 2. The average Bonchev–Trinajstić information content (AvgIpc) is 2.78. The van der Waals surface area contributed by atoms with E-state index in [1.54, 1.807) is 0 Å². The molecule has 4 aromatic rings. The fourth-order valence-electron chi connectivity index (χ4n) is 3.65. The summed E-state index contributed by atoms with van der Waals surface area (Å²) >= 11 is 0. The van der Waals surface area contributed by atoms with Crippen molar-refractivity contribution in [3.05, 3.63) is 66.7 Å². The zero-order valence-electron chi connectivity index (χ0n) is 16.9. The maximum Gasteiger partial charge on any atom is 0.239 e. The fraction of sp³-hybridized carbons (Fsp3) is 0.167. The Morgan fingerprint density at radius 3 is 2.10 bits per heavy atom. The standard InChI is InChI=1S/C24H20N6.ClH/c25-12-4-14-29(15-5-13-26)20-9-11-22-24(17-20)30(19-6-2-1-3-7-19)23-16-18(27)8-10-21(23)28-22;/h1-3,6-11,16-17,27H,4-5,14-15H2;1H. The van der Waals surface area contributed by atoms with Crippen molar-refractivity contribution in [3.8, 4) is 17.8 Å². The number of hydrogen-bond acceptors (Lipinski definition) is 5. The number of halogens is 1. The van der Waals surface area contributed by atoms with E-state index in [4.69, 9.17) is 21.2 Å². The zero-order valence-corrected chi connectivity index (χ0v) is 17.6. The maximum absolute atomic E-state index is 9.03. The number of rotatable bonds is 6. The lowest BCUT2D eigenvalue weighted by atomic mass is 10.1. The summed E-state index contributed by atoms with van der Waals surface area (Å²) in [5.74, 6) is 0. The van der Waals surface area contributed by atoms with Crippen molar-refractivity contribution >= 4 is 33.4 Å². The highest BCUT2D eigenvalue weighted by Gasteiger charge is 2.21. The molecule has 0 amide bonds. The van der Waals surface area contributed by atoms with Crippen molar-refractivity contribution in [3.63, 3.8) is 0 Å². The second-order valence-corrected chi connectivity index (χ2v) is 7.01. The third kappa shape index (κ3) is 4.50. The quantitative estimate of drug-likeness (QED) is 0.279. The summed E-state index contributed by atoms with van der Waals surface area (Å²) in [7, 11) is 0. The number of anilines is 2. The molecule has 6 nitrogen and oxygen atoms in total. The van der Waals surface area contributed by atoms with Gasteiger partial charge >= 0.3 is 0 Å². The van der Waals surface area contributed by atoms with Crippen LogP contribution in [0.2, 0.25) is 0 Å². The number of nitrogens with two attached hydrogens (primary N) is 1. The van der Waals surface area contributed by atoms with Gasteiger partial charge in [0.2, 0.25) is 16.7 Å². The molecule has 3 aromatic carbocycles. The molecule has 0 radical (unpaired) electrons. The molecule has 0 aliphatic heterocycles. The Kier molecular flexibility index (Phi) is 6.87.